The van der Waals surface area contributed by atoms with E-state index in [2.05, 4.69) is 15.0 Å². The maximum atomic E-state index is 12.6. The lowest BCUT2D eigenvalue weighted by atomic mass is 10.0. The van der Waals surface area contributed by atoms with Crippen LogP contribution in [-0.4, -0.2) is 56.7 Å². The quantitative estimate of drug-likeness (QED) is 0.773. The Labute approximate surface area is 146 Å². The number of amides is 1. The second kappa shape index (κ2) is 7.60. The van der Waals surface area contributed by atoms with Gasteiger partial charge in [0.25, 0.3) is 0 Å². The third-order valence-corrected chi connectivity index (χ3v) is 4.33. The maximum absolute atomic E-state index is 12.6. The van der Waals surface area contributed by atoms with Gasteiger partial charge in [0.05, 0.1) is 49.5 Å². The normalized spacial score (nSPS) is 16.6. The van der Waals surface area contributed by atoms with Crippen LogP contribution in [0.5, 0.6) is 5.88 Å². The molecule has 1 aliphatic heterocycles. The standard InChI is InChI=1S/C17H23N5O3/c1-12-7-18-8-16(20-12)25-10-13-6-15-14(19-11-21(15)2)9-22(13)17(23)4-5-24-3/h7-8,11,13H,4-6,9-10H2,1-3H3/t13-/m0/s1. The number of rotatable bonds is 6. The van der Waals surface area contributed by atoms with Crippen molar-refractivity contribution in [2.75, 3.05) is 20.3 Å². The van der Waals surface area contributed by atoms with Crippen molar-refractivity contribution in [1.82, 2.24) is 24.4 Å². The van der Waals surface area contributed by atoms with E-state index in [4.69, 9.17) is 9.47 Å². The average molecular weight is 345 g/mol. The first-order valence-electron chi connectivity index (χ1n) is 8.27. The highest BCUT2D eigenvalue weighted by atomic mass is 16.5. The molecule has 2 aromatic heterocycles. The zero-order valence-electron chi connectivity index (χ0n) is 14.8. The Kier molecular flexibility index (Phi) is 5.28. The Hall–Kier alpha value is -2.48. The number of fused-ring (bicyclic) bond motifs is 1. The molecule has 0 radical (unpaired) electrons. The molecule has 0 bridgehead atoms. The molecule has 0 aromatic carbocycles. The summed E-state index contributed by atoms with van der Waals surface area (Å²) in [6, 6.07) is -0.0745. The van der Waals surface area contributed by atoms with Gasteiger partial charge in [-0.05, 0) is 6.92 Å². The molecule has 0 saturated heterocycles. The summed E-state index contributed by atoms with van der Waals surface area (Å²) >= 11 is 0. The van der Waals surface area contributed by atoms with Crippen molar-refractivity contribution in [2.45, 2.75) is 32.4 Å². The minimum absolute atomic E-state index is 0.0436. The number of nitrogens with zero attached hydrogens (tertiary/aromatic N) is 5. The summed E-state index contributed by atoms with van der Waals surface area (Å²) in [5, 5.41) is 0. The molecule has 0 N–H and O–H groups in total. The van der Waals surface area contributed by atoms with Crippen molar-refractivity contribution in [1.29, 1.82) is 0 Å². The summed E-state index contributed by atoms with van der Waals surface area (Å²) < 4.78 is 12.9. The van der Waals surface area contributed by atoms with Gasteiger partial charge in [-0.1, -0.05) is 0 Å². The van der Waals surface area contributed by atoms with E-state index in [0.717, 1.165) is 17.1 Å². The molecule has 1 atom stereocenters. The topological polar surface area (TPSA) is 82.4 Å². The van der Waals surface area contributed by atoms with Gasteiger partial charge in [-0.2, -0.15) is 0 Å². The van der Waals surface area contributed by atoms with Gasteiger partial charge in [0.1, 0.15) is 6.61 Å². The van der Waals surface area contributed by atoms with Crippen LogP contribution in [0.1, 0.15) is 23.5 Å². The van der Waals surface area contributed by atoms with E-state index >= 15 is 0 Å². The van der Waals surface area contributed by atoms with Crippen molar-refractivity contribution in [3.63, 3.8) is 0 Å². The fourth-order valence-electron chi connectivity index (χ4n) is 2.99. The van der Waals surface area contributed by atoms with Crippen LogP contribution in [0.25, 0.3) is 0 Å². The molecule has 8 heteroatoms. The van der Waals surface area contributed by atoms with Gasteiger partial charge in [-0.15, -0.1) is 0 Å². The summed E-state index contributed by atoms with van der Waals surface area (Å²) in [4.78, 5) is 27.2. The number of carbonyl (C=O) groups excluding carboxylic acids is 1. The van der Waals surface area contributed by atoms with E-state index in [0.29, 0.717) is 38.5 Å². The van der Waals surface area contributed by atoms with Gasteiger partial charge in [0, 0.05) is 32.5 Å². The van der Waals surface area contributed by atoms with Crippen molar-refractivity contribution < 1.29 is 14.3 Å². The van der Waals surface area contributed by atoms with E-state index in [1.807, 2.05) is 23.4 Å². The minimum Gasteiger partial charge on any atom is -0.474 e. The van der Waals surface area contributed by atoms with Crippen LogP contribution < -0.4 is 4.74 Å². The van der Waals surface area contributed by atoms with Crippen LogP contribution in [-0.2, 0) is 29.5 Å². The first-order valence-corrected chi connectivity index (χ1v) is 8.27. The van der Waals surface area contributed by atoms with Crippen LogP contribution in [0, 0.1) is 6.92 Å². The lowest BCUT2D eigenvalue weighted by Crippen LogP contribution is -2.48. The summed E-state index contributed by atoms with van der Waals surface area (Å²) in [5.41, 5.74) is 2.88. The van der Waals surface area contributed by atoms with Gasteiger partial charge >= 0.3 is 0 Å². The number of aromatic nitrogens is 4. The lowest BCUT2D eigenvalue weighted by Gasteiger charge is -2.35. The van der Waals surface area contributed by atoms with Crippen molar-refractivity contribution in [3.8, 4) is 5.88 Å². The molecule has 0 unspecified atom stereocenters. The molecule has 0 fully saturated rings. The number of imidazole rings is 1. The molecular weight excluding hydrogens is 322 g/mol. The molecule has 8 nitrogen and oxygen atoms in total. The van der Waals surface area contributed by atoms with E-state index < -0.39 is 0 Å². The summed E-state index contributed by atoms with van der Waals surface area (Å²) in [6.45, 7) is 3.12. The van der Waals surface area contributed by atoms with E-state index in [1.165, 1.54) is 0 Å². The van der Waals surface area contributed by atoms with Crippen LogP contribution in [0.3, 0.4) is 0 Å². The van der Waals surface area contributed by atoms with Gasteiger partial charge in [0.2, 0.25) is 11.8 Å². The van der Waals surface area contributed by atoms with Crippen molar-refractivity contribution >= 4 is 5.91 Å². The van der Waals surface area contributed by atoms with E-state index in [9.17, 15) is 4.79 Å². The van der Waals surface area contributed by atoms with Crippen LogP contribution in [0.15, 0.2) is 18.7 Å². The summed E-state index contributed by atoms with van der Waals surface area (Å²) in [5.74, 6) is 0.516. The highest BCUT2D eigenvalue weighted by molar-refractivity contribution is 5.77. The molecule has 0 saturated carbocycles. The third-order valence-electron chi connectivity index (χ3n) is 4.33. The molecule has 3 rings (SSSR count). The van der Waals surface area contributed by atoms with Gasteiger partial charge < -0.3 is 18.9 Å². The fraction of sp³-hybridized carbons (Fsp3) is 0.529. The average Bonchev–Trinajstić information content (AvgIpc) is 2.97. The largest absolute Gasteiger partial charge is 0.474 e. The SMILES string of the molecule is COCCC(=O)N1Cc2ncn(C)c2C[C@H]1COc1cncc(C)n1. The number of ether oxygens (including phenoxy) is 2. The molecule has 25 heavy (non-hydrogen) atoms. The van der Waals surface area contributed by atoms with Gasteiger partial charge in [0.15, 0.2) is 0 Å². The van der Waals surface area contributed by atoms with Crippen LogP contribution in [0.4, 0.5) is 0 Å². The molecule has 0 spiro atoms. The van der Waals surface area contributed by atoms with Crippen molar-refractivity contribution in [3.05, 3.63) is 35.8 Å². The lowest BCUT2D eigenvalue weighted by molar-refractivity contribution is -0.136. The predicted molar refractivity (Wildman–Crippen MR) is 90.0 cm³/mol. The van der Waals surface area contributed by atoms with Crippen molar-refractivity contribution in [2.24, 2.45) is 7.05 Å². The Balaban J connectivity index is 1.75. The number of hydrogen-bond donors (Lipinski definition) is 0. The molecular formula is C17H23N5O3. The van der Waals surface area contributed by atoms with Crippen LogP contribution in [0.2, 0.25) is 0 Å². The molecule has 0 aliphatic carbocycles. The molecule has 1 amide bonds. The van der Waals surface area contributed by atoms with Gasteiger partial charge in [-0.3, -0.25) is 9.78 Å². The minimum atomic E-state index is -0.0745. The molecule has 2 aromatic rings. The monoisotopic (exact) mass is 345 g/mol. The molecule has 1 aliphatic rings. The number of methoxy groups -OCH3 is 1. The Morgan fingerprint density at radius 3 is 3.00 bits per heavy atom. The Morgan fingerprint density at radius 1 is 1.40 bits per heavy atom. The smallest absolute Gasteiger partial charge is 0.232 e. The second-order valence-corrected chi connectivity index (χ2v) is 6.18. The Bertz CT molecular complexity index is 746. The van der Waals surface area contributed by atoms with Gasteiger partial charge in [-0.25, -0.2) is 9.97 Å². The first kappa shape index (κ1) is 17.3. The first-order chi connectivity index (χ1) is 12.1. The highest BCUT2D eigenvalue weighted by Crippen LogP contribution is 2.23. The van der Waals surface area contributed by atoms with E-state index in [1.54, 1.807) is 25.8 Å². The Morgan fingerprint density at radius 2 is 2.24 bits per heavy atom. The predicted octanol–water partition coefficient (Wildman–Crippen LogP) is 0.887. The number of hydrogen-bond acceptors (Lipinski definition) is 6. The zero-order chi connectivity index (χ0) is 17.8. The van der Waals surface area contributed by atoms with E-state index in [-0.39, 0.29) is 11.9 Å². The van der Waals surface area contributed by atoms with Crippen LogP contribution >= 0.6 is 0 Å². The summed E-state index contributed by atoms with van der Waals surface area (Å²) in [6.07, 6.45) is 6.10. The number of carbonyl (C=O) groups is 1. The molecule has 3 heterocycles. The maximum Gasteiger partial charge on any atom is 0.232 e. The summed E-state index contributed by atoms with van der Waals surface area (Å²) in [7, 11) is 3.57. The zero-order valence-corrected chi connectivity index (χ0v) is 14.8. The third kappa shape index (κ3) is 3.96. The number of aryl methyl sites for hydroxylation is 2. The molecule has 134 valence electrons. The second-order valence-electron chi connectivity index (χ2n) is 6.18. The fourth-order valence-corrected chi connectivity index (χ4v) is 2.99. The highest BCUT2D eigenvalue weighted by Gasteiger charge is 2.32.